The van der Waals surface area contributed by atoms with Gasteiger partial charge >= 0.3 is 6.09 Å². The summed E-state index contributed by atoms with van der Waals surface area (Å²) >= 11 is 0. The lowest BCUT2D eigenvalue weighted by Crippen LogP contribution is -2.51. The number of ether oxygens (including phenoxy) is 2. The van der Waals surface area contributed by atoms with Gasteiger partial charge in [-0.1, -0.05) is 30.3 Å². The standard InChI is InChI=1S/C35H47N5O5/c1-35(2,3)45-34(43)38-18-16-37(17-19-38)15-14-36-33(42)29-9-5-4-8-28(29)25-22-26-12-13-27(23-25)39(26)20-21-40-30-10-6-7-11-31(30)44-24-32(40)41/h4-11,25-27H,12-24H2,1-3H3,(H,36,42)/t25?,26-,27+. The van der Waals surface area contributed by atoms with Crippen LogP contribution in [0.25, 0.3) is 0 Å². The van der Waals surface area contributed by atoms with Crippen LogP contribution < -0.4 is 15.0 Å². The molecular weight excluding hydrogens is 570 g/mol. The molecule has 1 unspecified atom stereocenters. The number of piperidine rings is 1. The lowest BCUT2D eigenvalue weighted by Gasteiger charge is -2.41. The van der Waals surface area contributed by atoms with Crippen molar-refractivity contribution in [2.45, 2.75) is 70.1 Å². The number of benzene rings is 2. The fourth-order valence-electron chi connectivity index (χ4n) is 7.47. The minimum absolute atomic E-state index is 0.0129. The van der Waals surface area contributed by atoms with E-state index in [0.717, 1.165) is 74.4 Å². The first-order chi connectivity index (χ1) is 21.7. The van der Waals surface area contributed by atoms with Crippen LogP contribution in [-0.4, -0.2) is 109 Å². The van der Waals surface area contributed by atoms with Gasteiger partial charge in [0.25, 0.3) is 11.8 Å². The molecule has 1 N–H and O–H groups in total. The van der Waals surface area contributed by atoms with Crippen molar-refractivity contribution in [1.82, 2.24) is 20.0 Å². The summed E-state index contributed by atoms with van der Waals surface area (Å²) in [5.41, 5.74) is 2.29. The lowest BCUT2D eigenvalue weighted by atomic mass is 9.82. The Bertz CT molecular complexity index is 1370. The van der Waals surface area contributed by atoms with Gasteiger partial charge in [0, 0.05) is 70.0 Å². The summed E-state index contributed by atoms with van der Waals surface area (Å²) in [7, 11) is 0. The Balaban J connectivity index is 0.998. The van der Waals surface area contributed by atoms with Crippen LogP contribution in [-0.2, 0) is 9.53 Å². The molecule has 3 atom stereocenters. The number of para-hydroxylation sites is 2. The average Bonchev–Trinajstić information content (AvgIpc) is 3.25. The first kappa shape index (κ1) is 31.4. The van der Waals surface area contributed by atoms with Gasteiger partial charge in [0.15, 0.2) is 6.61 Å². The molecular formula is C35H47N5O5. The van der Waals surface area contributed by atoms with Crippen LogP contribution in [0, 0.1) is 0 Å². The third-order valence-electron chi connectivity index (χ3n) is 9.66. The molecule has 0 aliphatic carbocycles. The van der Waals surface area contributed by atoms with Crippen LogP contribution in [0.5, 0.6) is 5.75 Å². The average molecular weight is 618 g/mol. The van der Waals surface area contributed by atoms with E-state index < -0.39 is 5.60 Å². The molecule has 6 rings (SSSR count). The molecule has 10 nitrogen and oxygen atoms in total. The summed E-state index contributed by atoms with van der Waals surface area (Å²) in [4.78, 5) is 47.0. The highest BCUT2D eigenvalue weighted by molar-refractivity contribution is 5.98. The van der Waals surface area contributed by atoms with Crippen LogP contribution in [0.1, 0.15) is 68.3 Å². The molecule has 2 aromatic rings. The van der Waals surface area contributed by atoms with E-state index in [4.69, 9.17) is 9.47 Å². The molecule has 242 valence electrons. The second-order valence-electron chi connectivity index (χ2n) is 13.7. The Morgan fingerprint density at radius 3 is 2.33 bits per heavy atom. The highest BCUT2D eigenvalue weighted by Gasteiger charge is 2.42. The topological polar surface area (TPSA) is 94.7 Å². The van der Waals surface area contributed by atoms with Gasteiger partial charge in [0.05, 0.1) is 5.69 Å². The number of nitrogens with one attached hydrogen (secondary N) is 1. The van der Waals surface area contributed by atoms with E-state index in [1.807, 2.05) is 68.1 Å². The highest BCUT2D eigenvalue weighted by Crippen LogP contribution is 2.44. The summed E-state index contributed by atoms with van der Waals surface area (Å²) in [5.74, 6) is 1.11. The number of hydrogen-bond donors (Lipinski definition) is 1. The molecule has 10 heteroatoms. The SMILES string of the molecule is CC(C)(C)OC(=O)N1CCN(CCNC(=O)c2ccccc2C2C[C@H]3CC[C@@H](C2)N3CCN2C(=O)COc3ccccc32)CC1. The number of hydrogen-bond acceptors (Lipinski definition) is 7. The predicted molar refractivity (Wildman–Crippen MR) is 173 cm³/mol. The summed E-state index contributed by atoms with van der Waals surface area (Å²) in [6.07, 6.45) is 4.10. The van der Waals surface area contributed by atoms with Crippen molar-refractivity contribution < 1.29 is 23.9 Å². The number of fused-ring (bicyclic) bond motifs is 3. The Kier molecular flexibility index (Phi) is 9.33. The summed E-state index contributed by atoms with van der Waals surface area (Å²) in [6, 6.07) is 16.8. The van der Waals surface area contributed by atoms with E-state index in [0.29, 0.717) is 44.2 Å². The molecule has 4 aliphatic heterocycles. The van der Waals surface area contributed by atoms with Gasteiger partial charge < -0.3 is 24.6 Å². The van der Waals surface area contributed by atoms with Gasteiger partial charge in [0.1, 0.15) is 11.4 Å². The molecule has 0 aromatic heterocycles. The van der Waals surface area contributed by atoms with Crippen LogP contribution in [0.4, 0.5) is 10.5 Å². The van der Waals surface area contributed by atoms with Gasteiger partial charge in [0.2, 0.25) is 0 Å². The van der Waals surface area contributed by atoms with Crippen LogP contribution in [0.2, 0.25) is 0 Å². The fourth-order valence-corrected chi connectivity index (χ4v) is 7.47. The van der Waals surface area contributed by atoms with Crippen molar-refractivity contribution in [3.05, 3.63) is 59.7 Å². The minimum Gasteiger partial charge on any atom is -0.482 e. The maximum absolute atomic E-state index is 13.4. The van der Waals surface area contributed by atoms with E-state index in [1.54, 1.807) is 4.90 Å². The smallest absolute Gasteiger partial charge is 0.410 e. The highest BCUT2D eigenvalue weighted by atomic mass is 16.6. The quantitative estimate of drug-likeness (QED) is 0.477. The van der Waals surface area contributed by atoms with Crippen molar-refractivity contribution in [3.8, 4) is 5.75 Å². The zero-order chi connectivity index (χ0) is 31.6. The number of piperazine rings is 1. The van der Waals surface area contributed by atoms with Crippen molar-refractivity contribution >= 4 is 23.6 Å². The summed E-state index contributed by atoms with van der Waals surface area (Å²) in [6.45, 7) is 11.3. The van der Waals surface area contributed by atoms with E-state index in [2.05, 4.69) is 21.2 Å². The minimum atomic E-state index is -0.496. The fraction of sp³-hybridized carbons (Fsp3) is 0.571. The molecule has 0 radical (unpaired) electrons. The van der Waals surface area contributed by atoms with E-state index >= 15 is 0 Å². The van der Waals surface area contributed by atoms with Gasteiger partial charge in [-0.15, -0.1) is 0 Å². The van der Waals surface area contributed by atoms with E-state index in [-0.39, 0.29) is 24.5 Å². The largest absolute Gasteiger partial charge is 0.482 e. The molecule has 4 heterocycles. The second-order valence-corrected chi connectivity index (χ2v) is 13.7. The number of rotatable bonds is 8. The van der Waals surface area contributed by atoms with Gasteiger partial charge in [-0.05, 0) is 76.1 Å². The monoisotopic (exact) mass is 617 g/mol. The predicted octanol–water partition coefficient (Wildman–Crippen LogP) is 4.11. The summed E-state index contributed by atoms with van der Waals surface area (Å²) < 4.78 is 11.1. The van der Waals surface area contributed by atoms with Crippen LogP contribution in [0.3, 0.4) is 0 Å². The van der Waals surface area contributed by atoms with Crippen molar-refractivity contribution in [2.75, 3.05) is 63.9 Å². The molecule has 3 amide bonds. The summed E-state index contributed by atoms with van der Waals surface area (Å²) in [5, 5.41) is 3.16. The third kappa shape index (κ3) is 7.28. The Labute approximate surface area is 266 Å². The second kappa shape index (κ2) is 13.4. The van der Waals surface area contributed by atoms with E-state index in [9.17, 15) is 14.4 Å². The van der Waals surface area contributed by atoms with Crippen molar-refractivity contribution in [1.29, 1.82) is 0 Å². The molecule has 2 bridgehead atoms. The normalized spacial score (nSPS) is 23.8. The van der Waals surface area contributed by atoms with Crippen LogP contribution in [0.15, 0.2) is 48.5 Å². The first-order valence-electron chi connectivity index (χ1n) is 16.5. The third-order valence-corrected chi connectivity index (χ3v) is 9.66. The zero-order valence-corrected chi connectivity index (χ0v) is 26.9. The molecule has 45 heavy (non-hydrogen) atoms. The van der Waals surface area contributed by atoms with E-state index in [1.165, 1.54) is 0 Å². The van der Waals surface area contributed by atoms with Crippen molar-refractivity contribution in [2.24, 2.45) is 0 Å². The van der Waals surface area contributed by atoms with Crippen LogP contribution >= 0.6 is 0 Å². The van der Waals surface area contributed by atoms with Gasteiger partial charge in [-0.3, -0.25) is 19.4 Å². The number of amides is 3. The number of nitrogens with zero attached hydrogens (tertiary/aromatic N) is 4. The lowest BCUT2D eigenvalue weighted by molar-refractivity contribution is -0.121. The molecule has 3 saturated heterocycles. The maximum Gasteiger partial charge on any atom is 0.410 e. The Hall–Kier alpha value is -3.63. The molecule has 3 fully saturated rings. The molecule has 0 saturated carbocycles. The first-order valence-corrected chi connectivity index (χ1v) is 16.5. The zero-order valence-electron chi connectivity index (χ0n) is 26.9. The van der Waals surface area contributed by atoms with Crippen molar-refractivity contribution in [3.63, 3.8) is 0 Å². The maximum atomic E-state index is 13.4. The number of carbonyl (C=O) groups excluding carboxylic acids is 3. The Morgan fingerprint density at radius 2 is 1.60 bits per heavy atom. The number of anilines is 1. The molecule has 4 aliphatic rings. The Morgan fingerprint density at radius 1 is 0.911 bits per heavy atom. The van der Waals surface area contributed by atoms with Gasteiger partial charge in [-0.2, -0.15) is 0 Å². The number of carbonyl (C=O) groups is 3. The van der Waals surface area contributed by atoms with Gasteiger partial charge in [-0.25, -0.2) is 4.79 Å². The molecule has 2 aromatic carbocycles. The molecule has 0 spiro atoms.